The van der Waals surface area contributed by atoms with Gasteiger partial charge in [0, 0.05) is 25.7 Å². The minimum absolute atomic E-state index is 0.746. The second-order valence-electron chi connectivity index (χ2n) is 7.21. The minimum atomic E-state index is 0.746. The number of aromatic nitrogens is 2. The highest BCUT2D eigenvalue weighted by Gasteiger charge is 2.17. The molecule has 0 saturated heterocycles. The smallest absolute Gasteiger partial charge is 0.160 e. The highest BCUT2D eigenvalue weighted by Crippen LogP contribution is 2.41. The van der Waals surface area contributed by atoms with Gasteiger partial charge in [-0.3, -0.25) is 0 Å². The Hall–Kier alpha value is -3.08. The molecule has 6 rings (SSSR count). The molecule has 2 heterocycles. The van der Waals surface area contributed by atoms with Crippen molar-refractivity contribution >= 4 is 58.3 Å². The summed E-state index contributed by atoms with van der Waals surface area (Å²) in [7, 11) is 0. The van der Waals surface area contributed by atoms with E-state index in [9.17, 15) is 0 Å². The summed E-state index contributed by atoms with van der Waals surface area (Å²) in [6.45, 7) is 0. The van der Waals surface area contributed by atoms with E-state index in [1.54, 1.807) is 11.3 Å². The molecule has 142 valence electrons. The summed E-state index contributed by atoms with van der Waals surface area (Å²) < 4.78 is 3.38. The Morgan fingerprint density at radius 2 is 1.47 bits per heavy atom. The van der Waals surface area contributed by atoms with Gasteiger partial charge in [-0.2, -0.15) is 0 Å². The maximum Gasteiger partial charge on any atom is 0.160 e. The zero-order chi connectivity index (χ0) is 20.1. The maximum atomic E-state index is 5.11. The number of thiophene rings is 1. The van der Waals surface area contributed by atoms with Crippen molar-refractivity contribution in [1.29, 1.82) is 0 Å². The molecule has 0 bridgehead atoms. The first-order valence-corrected chi connectivity index (χ1v) is 11.3. The molecule has 4 aromatic carbocycles. The van der Waals surface area contributed by atoms with E-state index in [0.29, 0.717) is 0 Å². The molecule has 6 aromatic rings. The van der Waals surface area contributed by atoms with Crippen molar-refractivity contribution in [2.75, 3.05) is 0 Å². The molecule has 0 spiro atoms. The fourth-order valence-corrected chi connectivity index (χ4v) is 5.51. The number of nitrogens with zero attached hydrogens (tertiary/aromatic N) is 2. The molecule has 0 unspecified atom stereocenters. The first-order chi connectivity index (χ1) is 14.8. The van der Waals surface area contributed by atoms with Crippen LogP contribution in [0.3, 0.4) is 0 Å². The molecule has 0 aliphatic heterocycles. The Bertz CT molecular complexity index is 1560. The summed E-state index contributed by atoms with van der Waals surface area (Å²) in [6.07, 6.45) is 0. The van der Waals surface area contributed by atoms with Crippen molar-refractivity contribution in [3.63, 3.8) is 0 Å². The summed E-state index contributed by atoms with van der Waals surface area (Å²) in [4.78, 5) is 10.1. The van der Waals surface area contributed by atoms with E-state index in [1.807, 2.05) is 12.1 Å². The Kier molecular flexibility index (Phi) is 4.15. The van der Waals surface area contributed by atoms with Crippen molar-refractivity contribution in [1.82, 2.24) is 9.97 Å². The molecule has 30 heavy (non-hydrogen) atoms. The highest BCUT2D eigenvalue weighted by molar-refractivity contribution is 9.10. The quantitative estimate of drug-likeness (QED) is 0.257. The van der Waals surface area contributed by atoms with Gasteiger partial charge in [0.1, 0.15) is 0 Å². The third kappa shape index (κ3) is 2.83. The lowest BCUT2D eigenvalue weighted by Crippen LogP contribution is -1.94. The summed E-state index contributed by atoms with van der Waals surface area (Å²) in [5.41, 5.74) is 4.16. The van der Waals surface area contributed by atoms with Gasteiger partial charge in [-0.1, -0.05) is 88.7 Å². The predicted octanol–water partition coefficient (Wildman–Crippen LogP) is 8.09. The summed E-state index contributed by atoms with van der Waals surface area (Å²) in [5.74, 6) is 0.746. The molecule has 0 N–H and O–H groups in total. The molecule has 2 aromatic heterocycles. The zero-order valence-electron chi connectivity index (χ0n) is 15.8. The molecule has 0 amide bonds. The fourth-order valence-electron chi connectivity index (χ4n) is 3.96. The largest absolute Gasteiger partial charge is 0.226 e. The molecule has 0 aliphatic carbocycles. The van der Waals surface area contributed by atoms with E-state index in [1.165, 1.54) is 20.9 Å². The highest BCUT2D eigenvalue weighted by atomic mass is 79.9. The second kappa shape index (κ2) is 7.01. The van der Waals surface area contributed by atoms with Gasteiger partial charge in [0.25, 0.3) is 0 Å². The lowest BCUT2D eigenvalue weighted by molar-refractivity contribution is 1.24. The van der Waals surface area contributed by atoms with E-state index in [-0.39, 0.29) is 0 Å². The molecule has 0 atom stereocenters. The van der Waals surface area contributed by atoms with Crippen LogP contribution >= 0.6 is 27.3 Å². The number of hydrogen-bond acceptors (Lipinski definition) is 3. The van der Waals surface area contributed by atoms with Gasteiger partial charge >= 0.3 is 0 Å². The Balaban J connectivity index is 1.76. The average molecular weight is 467 g/mol. The molecule has 0 saturated carbocycles. The summed E-state index contributed by atoms with van der Waals surface area (Å²) >= 11 is 5.35. The van der Waals surface area contributed by atoms with Gasteiger partial charge in [-0.05, 0) is 29.0 Å². The van der Waals surface area contributed by atoms with Crippen LogP contribution in [0.5, 0.6) is 0 Å². The number of benzene rings is 4. The third-order valence-electron chi connectivity index (χ3n) is 5.35. The van der Waals surface area contributed by atoms with Crippen LogP contribution in [0.1, 0.15) is 0 Å². The summed E-state index contributed by atoms with van der Waals surface area (Å²) in [6, 6.07) is 31.6. The fraction of sp³-hybridized carbons (Fsp3) is 0. The van der Waals surface area contributed by atoms with Crippen molar-refractivity contribution in [2.24, 2.45) is 0 Å². The van der Waals surface area contributed by atoms with Crippen LogP contribution in [0.2, 0.25) is 0 Å². The SMILES string of the molecule is Brc1cccc(-c2nc(-c3cccc4ccccc34)c3sc4ccccc4c3n2)c1. The Labute approximate surface area is 186 Å². The van der Waals surface area contributed by atoms with Gasteiger partial charge in [0.05, 0.1) is 15.9 Å². The topological polar surface area (TPSA) is 25.8 Å². The summed E-state index contributed by atoms with van der Waals surface area (Å²) in [5, 5.41) is 3.60. The number of halogens is 1. The zero-order valence-corrected chi connectivity index (χ0v) is 18.2. The van der Waals surface area contributed by atoms with Crippen molar-refractivity contribution in [2.45, 2.75) is 0 Å². The predicted molar refractivity (Wildman–Crippen MR) is 131 cm³/mol. The molecule has 0 fully saturated rings. The first kappa shape index (κ1) is 17.8. The van der Waals surface area contributed by atoms with Gasteiger partial charge < -0.3 is 0 Å². The van der Waals surface area contributed by atoms with E-state index >= 15 is 0 Å². The van der Waals surface area contributed by atoms with Crippen LogP contribution in [0.4, 0.5) is 0 Å². The first-order valence-electron chi connectivity index (χ1n) is 9.71. The van der Waals surface area contributed by atoms with E-state index < -0.39 is 0 Å². The molecule has 4 heteroatoms. The van der Waals surface area contributed by atoms with Gasteiger partial charge in [0.2, 0.25) is 0 Å². The van der Waals surface area contributed by atoms with Crippen LogP contribution in [0, 0.1) is 0 Å². The lowest BCUT2D eigenvalue weighted by Gasteiger charge is -2.10. The minimum Gasteiger partial charge on any atom is -0.226 e. The van der Waals surface area contributed by atoms with Crippen molar-refractivity contribution < 1.29 is 0 Å². The second-order valence-corrected chi connectivity index (χ2v) is 9.18. The van der Waals surface area contributed by atoms with E-state index in [2.05, 4.69) is 94.8 Å². The molecule has 2 nitrogen and oxygen atoms in total. The number of rotatable bonds is 2. The van der Waals surface area contributed by atoms with Gasteiger partial charge in [-0.25, -0.2) is 9.97 Å². The molecule has 0 radical (unpaired) electrons. The number of fused-ring (bicyclic) bond motifs is 4. The van der Waals surface area contributed by atoms with Crippen molar-refractivity contribution in [3.8, 4) is 22.6 Å². The van der Waals surface area contributed by atoms with Crippen LogP contribution < -0.4 is 0 Å². The van der Waals surface area contributed by atoms with E-state index in [0.717, 1.165) is 37.3 Å². The van der Waals surface area contributed by atoms with Gasteiger partial charge in [-0.15, -0.1) is 11.3 Å². The normalized spacial score (nSPS) is 11.5. The molecular weight excluding hydrogens is 452 g/mol. The van der Waals surface area contributed by atoms with Crippen molar-refractivity contribution in [3.05, 3.63) is 95.5 Å². The lowest BCUT2D eigenvalue weighted by atomic mass is 10.0. The molecule has 0 aliphatic rings. The van der Waals surface area contributed by atoms with Crippen LogP contribution in [-0.4, -0.2) is 9.97 Å². The average Bonchev–Trinajstić information content (AvgIpc) is 3.17. The van der Waals surface area contributed by atoms with Gasteiger partial charge in [0.15, 0.2) is 5.82 Å². The third-order valence-corrected chi connectivity index (χ3v) is 7.01. The maximum absolute atomic E-state index is 5.11. The van der Waals surface area contributed by atoms with Crippen LogP contribution in [-0.2, 0) is 0 Å². The Morgan fingerprint density at radius 1 is 0.700 bits per heavy atom. The van der Waals surface area contributed by atoms with Crippen LogP contribution in [0.15, 0.2) is 95.5 Å². The van der Waals surface area contributed by atoms with Crippen LogP contribution in [0.25, 0.3) is 53.7 Å². The Morgan fingerprint density at radius 3 is 2.37 bits per heavy atom. The monoisotopic (exact) mass is 466 g/mol. The van der Waals surface area contributed by atoms with E-state index in [4.69, 9.17) is 9.97 Å². The molecular formula is C26H15BrN2S. The number of hydrogen-bond donors (Lipinski definition) is 0. The standard InChI is InChI=1S/C26H15BrN2S/c27-18-10-5-9-17(15-18)26-28-23(20-13-6-8-16-7-1-2-11-19(16)20)25-24(29-26)21-12-3-4-14-22(21)30-25/h1-15H.